The zero-order valence-electron chi connectivity index (χ0n) is 17.4. The molecule has 11 heteroatoms. The van der Waals surface area contributed by atoms with E-state index < -0.39 is 60.2 Å². The lowest BCUT2D eigenvalue weighted by Gasteiger charge is -2.27. The molecular formula is C18H32N4O7. The summed E-state index contributed by atoms with van der Waals surface area (Å²) in [6, 6.07) is -4.52. The SMILES string of the molecule is CC(C)CC(NC(=O)C(NC(=O)C(C)N)C(C)C)C(=O)NC(CC(=O)O)C(=O)O. The Labute approximate surface area is 169 Å². The molecule has 0 heterocycles. The van der Waals surface area contributed by atoms with Crippen LogP contribution in [0.3, 0.4) is 0 Å². The number of nitrogens with one attached hydrogen (secondary N) is 3. The molecule has 0 aliphatic carbocycles. The maximum atomic E-state index is 12.7. The molecule has 0 bridgehead atoms. The molecule has 11 nitrogen and oxygen atoms in total. The van der Waals surface area contributed by atoms with E-state index in [-0.39, 0.29) is 18.3 Å². The van der Waals surface area contributed by atoms with Crippen molar-refractivity contribution in [2.45, 2.75) is 71.6 Å². The van der Waals surface area contributed by atoms with Crippen LogP contribution < -0.4 is 21.7 Å². The van der Waals surface area contributed by atoms with E-state index >= 15 is 0 Å². The van der Waals surface area contributed by atoms with Gasteiger partial charge in [0.15, 0.2) is 0 Å². The summed E-state index contributed by atoms with van der Waals surface area (Å²) >= 11 is 0. The van der Waals surface area contributed by atoms with Crippen molar-refractivity contribution in [1.29, 1.82) is 0 Å². The molecule has 0 aliphatic rings. The van der Waals surface area contributed by atoms with Gasteiger partial charge in [-0.3, -0.25) is 19.2 Å². The molecule has 0 fully saturated rings. The minimum Gasteiger partial charge on any atom is -0.481 e. The third kappa shape index (κ3) is 9.88. The summed E-state index contributed by atoms with van der Waals surface area (Å²) in [6.07, 6.45) is -0.620. The number of amides is 3. The fourth-order valence-electron chi connectivity index (χ4n) is 2.43. The second-order valence-corrected chi connectivity index (χ2v) is 7.71. The van der Waals surface area contributed by atoms with E-state index in [1.54, 1.807) is 27.7 Å². The van der Waals surface area contributed by atoms with Gasteiger partial charge in [0, 0.05) is 0 Å². The van der Waals surface area contributed by atoms with Gasteiger partial charge in [0.1, 0.15) is 18.1 Å². The number of hydrogen-bond acceptors (Lipinski definition) is 6. The third-order valence-electron chi connectivity index (χ3n) is 3.99. The van der Waals surface area contributed by atoms with Crippen molar-refractivity contribution in [3.63, 3.8) is 0 Å². The summed E-state index contributed by atoms with van der Waals surface area (Å²) in [4.78, 5) is 59.1. The predicted octanol–water partition coefficient (Wildman–Crippen LogP) is -0.951. The maximum Gasteiger partial charge on any atom is 0.326 e. The van der Waals surface area contributed by atoms with Gasteiger partial charge in [-0.25, -0.2) is 4.79 Å². The predicted molar refractivity (Wildman–Crippen MR) is 104 cm³/mol. The molecule has 0 aromatic heterocycles. The molecule has 0 spiro atoms. The van der Waals surface area contributed by atoms with Crippen molar-refractivity contribution in [2.24, 2.45) is 17.6 Å². The molecule has 166 valence electrons. The number of rotatable bonds is 12. The smallest absolute Gasteiger partial charge is 0.326 e. The molecule has 0 aliphatic heterocycles. The highest BCUT2D eigenvalue weighted by Gasteiger charge is 2.32. The van der Waals surface area contributed by atoms with E-state index in [2.05, 4.69) is 16.0 Å². The summed E-state index contributed by atoms with van der Waals surface area (Å²) in [7, 11) is 0. The van der Waals surface area contributed by atoms with Gasteiger partial charge in [-0.1, -0.05) is 27.7 Å². The fraction of sp³-hybridized carbons (Fsp3) is 0.722. The zero-order chi connectivity index (χ0) is 22.9. The van der Waals surface area contributed by atoms with Crippen molar-refractivity contribution in [1.82, 2.24) is 16.0 Å². The van der Waals surface area contributed by atoms with Gasteiger partial charge in [0.05, 0.1) is 12.5 Å². The van der Waals surface area contributed by atoms with Crippen molar-refractivity contribution in [2.75, 3.05) is 0 Å². The second kappa shape index (κ2) is 12.0. The molecule has 0 aromatic rings. The van der Waals surface area contributed by atoms with E-state index in [1.807, 2.05) is 0 Å². The van der Waals surface area contributed by atoms with Crippen molar-refractivity contribution in [3.8, 4) is 0 Å². The van der Waals surface area contributed by atoms with Crippen LogP contribution in [0.4, 0.5) is 0 Å². The van der Waals surface area contributed by atoms with Gasteiger partial charge in [-0.2, -0.15) is 0 Å². The van der Waals surface area contributed by atoms with Gasteiger partial charge in [0.25, 0.3) is 0 Å². The number of carbonyl (C=O) groups is 5. The first-order valence-electron chi connectivity index (χ1n) is 9.37. The summed E-state index contributed by atoms with van der Waals surface area (Å²) < 4.78 is 0. The highest BCUT2D eigenvalue weighted by Crippen LogP contribution is 2.09. The average molecular weight is 416 g/mol. The van der Waals surface area contributed by atoms with Crippen LogP contribution in [0.2, 0.25) is 0 Å². The highest BCUT2D eigenvalue weighted by molar-refractivity contribution is 5.94. The van der Waals surface area contributed by atoms with Gasteiger partial charge in [0.2, 0.25) is 17.7 Å². The third-order valence-corrected chi connectivity index (χ3v) is 3.99. The first-order chi connectivity index (χ1) is 13.3. The normalized spacial score (nSPS) is 15.2. The first kappa shape index (κ1) is 26.3. The molecule has 0 aromatic carbocycles. The Morgan fingerprint density at radius 1 is 0.793 bits per heavy atom. The quantitative estimate of drug-likeness (QED) is 0.235. The molecule has 4 unspecified atom stereocenters. The maximum absolute atomic E-state index is 12.7. The van der Waals surface area contributed by atoms with Crippen molar-refractivity contribution < 1.29 is 34.2 Å². The Morgan fingerprint density at radius 3 is 1.69 bits per heavy atom. The van der Waals surface area contributed by atoms with E-state index in [0.717, 1.165) is 0 Å². The van der Waals surface area contributed by atoms with Crippen LogP contribution in [-0.4, -0.2) is 64.0 Å². The lowest BCUT2D eigenvalue weighted by atomic mass is 9.99. The average Bonchev–Trinajstić information content (AvgIpc) is 2.56. The van der Waals surface area contributed by atoms with E-state index in [4.69, 9.17) is 15.9 Å². The Kier molecular flexibility index (Phi) is 10.9. The summed E-state index contributed by atoms with van der Waals surface area (Å²) in [5, 5.41) is 25.1. The molecule has 3 amide bonds. The van der Waals surface area contributed by atoms with Crippen LogP contribution in [-0.2, 0) is 24.0 Å². The zero-order valence-corrected chi connectivity index (χ0v) is 17.4. The molecule has 0 rings (SSSR count). The van der Waals surface area contributed by atoms with Gasteiger partial charge in [-0.15, -0.1) is 0 Å². The summed E-state index contributed by atoms with van der Waals surface area (Å²) in [5.41, 5.74) is 5.51. The summed E-state index contributed by atoms with van der Waals surface area (Å²) in [5.74, 6) is -5.21. The van der Waals surface area contributed by atoms with E-state index in [9.17, 15) is 24.0 Å². The van der Waals surface area contributed by atoms with E-state index in [1.165, 1.54) is 6.92 Å². The molecule has 4 atom stereocenters. The number of carboxylic acids is 2. The van der Waals surface area contributed by atoms with Gasteiger partial charge >= 0.3 is 11.9 Å². The number of carbonyl (C=O) groups excluding carboxylic acids is 3. The lowest BCUT2D eigenvalue weighted by Crippen LogP contribution is -2.58. The van der Waals surface area contributed by atoms with E-state index in [0.29, 0.717) is 0 Å². The van der Waals surface area contributed by atoms with Crippen LogP contribution in [0.15, 0.2) is 0 Å². The van der Waals surface area contributed by atoms with Gasteiger partial charge < -0.3 is 31.9 Å². The van der Waals surface area contributed by atoms with Crippen molar-refractivity contribution in [3.05, 3.63) is 0 Å². The molecule has 29 heavy (non-hydrogen) atoms. The Morgan fingerprint density at radius 2 is 1.31 bits per heavy atom. The highest BCUT2D eigenvalue weighted by atomic mass is 16.4. The number of carboxylic acid groups (broad SMARTS) is 2. The Hall–Kier alpha value is -2.69. The van der Waals surface area contributed by atoms with Gasteiger partial charge in [-0.05, 0) is 25.2 Å². The molecule has 0 radical (unpaired) electrons. The fourth-order valence-corrected chi connectivity index (χ4v) is 2.43. The van der Waals surface area contributed by atoms with Crippen LogP contribution >= 0.6 is 0 Å². The number of hydrogen-bond donors (Lipinski definition) is 6. The molecule has 0 saturated carbocycles. The first-order valence-corrected chi connectivity index (χ1v) is 9.37. The minimum absolute atomic E-state index is 0.0371. The molecular weight excluding hydrogens is 384 g/mol. The largest absolute Gasteiger partial charge is 0.481 e. The molecule has 0 saturated heterocycles. The van der Waals surface area contributed by atoms with Crippen molar-refractivity contribution >= 4 is 29.7 Å². The van der Waals surface area contributed by atoms with Crippen LogP contribution in [0.25, 0.3) is 0 Å². The Balaban J connectivity index is 5.40. The lowest BCUT2D eigenvalue weighted by molar-refractivity contribution is -0.147. The Bertz CT molecular complexity index is 619. The van der Waals surface area contributed by atoms with Crippen LogP contribution in [0.5, 0.6) is 0 Å². The molecule has 7 N–H and O–H groups in total. The summed E-state index contributed by atoms with van der Waals surface area (Å²) in [6.45, 7) is 8.48. The topological polar surface area (TPSA) is 188 Å². The number of aliphatic carboxylic acids is 2. The minimum atomic E-state index is -1.63. The number of nitrogens with two attached hydrogens (primary N) is 1. The van der Waals surface area contributed by atoms with Crippen LogP contribution in [0, 0.1) is 11.8 Å². The second-order valence-electron chi connectivity index (χ2n) is 7.71. The van der Waals surface area contributed by atoms with Crippen LogP contribution in [0.1, 0.15) is 47.5 Å². The standard InChI is InChI=1S/C18H32N4O7/c1-8(2)6-11(16(26)21-12(18(28)29)7-13(23)24)20-17(27)14(9(3)4)22-15(25)10(5)19/h8-12,14H,6-7,19H2,1-5H3,(H,20,27)(H,21,26)(H,22,25)(H,23,24)(H,28,29). The monoisotopic (exact) mass is 416 g/mol.